The lowest BCUT2D eigenvalue weighted by atomic mass is 10.4. The molecule has 0 aromatic carbocycles. The van der Waals surface area contributed by atoms with Crippen molar-refractivity contribution in [3.63, 3.8) is 0 Å². The number of hydrogen-bond donors (Lipinski definition) is 1. The van der Waals surface area contributed by atoms with Crippen LogP contribution in [0.25, 0.3) is 0 Å². The van der Waals surface area contributed by atoms with E-state index in [0.29, 0.717) is 12.2 Å². The van der Waals surface area contributed by atoms with Gasteiger partial charge in [0.15, 0.2) is 5.82 Å². The van der Waals surface area contributed by atoms with Gasteiger partial charge in [0.1, 0.15) is 6.54 Å². The third kappa shape index (κ3) is 1.95. The summed E-state index contributed by atoms with van der Waals surface area (Å²) in [7, 11) is 0. The zero-order valence-electron chi connectivity index (χ0n) is 8.70. The Labute approximate surface area is 86.9 Å². The average molecular weight is 207 g/mol. The molecule has 7 heteroatoms. The topological polar surface area (TPSA) is 87.4 Å². The molecule has 0 radical (unpaired) electrons. The maximum Gasteiger partial charge on any atom is 0.173 e. The Morgan fingerprint density at radius 2 is 2.27 bits per heavy atom. The highest BCUT2D eigenvalue weighted by atomic mass is 15.6. The Hall–Kier alpha value is -1.92. The van der Waals surface area contributed by atoms with E-state index in [1.54, 1.807) is 21.8 Å². The lowest BCUT2D eigenvalue weighted by Crippen LogP contribution is -2.12. The van der Waals surface area contributed by atoms with Crippen molar-refractivity contribution in [2.75, 3.05) is 5.73 Å². The van der Waals surface area contributed by atoms with Crippen LogP contribution in [-0.2, 0) is 6.54 Å². The van der Waals surface area contributed by atoms with Crippen LogP contribution in [0.4, 0.5) is 5.69 Å². The van der Waals surface area contributed by atoms with Crippen molar-refractivity contribution in [3.05, 3.63) is 18.2 Å². The molecule has 15 heavy (non-hydrogen) atoms. The van der Waals surface area contributed by atoms with Crippen molar-refractivity contribution >= 4 is 5.69 Å². The van der Waals surface area contributed by atoms with E-state index in [-0.39, 0.29) is 6.04 Å². The van der Waals surface area contributed by atoms with Crippen LogP contribution >= 0.6 is 0 Å². The van der Waals surface area contributed by atoms with Crippen molar-refractivity contribution in [3.8, 4) is 0 Å². The van der Waals surface area contributed by atoms with Crippen molar-refractivity contribution in [2.45, 2.75) is 26.4 Å². The summed E-state index contributed by atoms with van der Waals surface area (Å²) in [5, 5.41) is 15.6. The summed E-state index contributed by atoms with van der Waals surface area (Å²) in [6.07, 6.45) is 3.35. The molecular weight excluding hydrogens is 194 g/mol. The molecule has 2 aromatic rings. The van der Waals surface area contributed by atoms with Crippen molar-refractivity contribution in [2.24, 2.45) is 0 Å². The molecule has 0 amide bonds. The van der Waals surface area contributed by atoms with Gasteiger partial charge in [0.2, 0.25) is 0 Å². The molecule has 80 valence electrons. The van der Waals surface area contributed by atoms with Crippen molar-refractivity contribution in [1.82, 2.24) is 30.0 Å². The normalized spacial score (nSPS) is 11.1. The number of anilines is 1. The summed E-state index contributed by atoms with van der Waals surface area (Å²) in [6.45, 7) is 4.58. The summed E-state index contributed by atoms with van der Waals surface area (Å²) in [5.74, 6) is 0.771. The van der Waals surface area contributed by atoms with Gasteiger partial charge in [-0.2, -0.15) is 5.10 Å². The molecule has 2 heterocycles. The minimum absolute atomic E-state index is 0.239. The van der Waals surface area contributed by atoms with Gasteiger partial charge in [-0.1, -0.05) is 0 Å². The fourth-order valence-electron chi connectivity index (χ4n) is 1.33. The van der Waals surface area contributed by atoms with E-state index < -0.39 is 0 Å². The monoisotopic (exact) mass is 207 g/mol. The smallest absolute Gasteiger partial charge is 0.173 e. The second kappa shape index (κ2) is 3.68. The number of nitrogens with two attached hydrogens (primary N) is 1. The highest BCUT2D eigenvalue weighted by Crippen LogP contribution is 2.06. The molecule has 0 saturated carbocycles. The Morgan fingerprint density at radius 1 is 1.47 bits per heavy atom. The SMILES string of the molecule is CC(C)n1nnnc1Cn1cc(N)cn1. The standard InChI is InChI=1S/C8H13N7/c1-6(2)15-8(11-12-13-15)5-14-4-7(9)3-10-14/h3-4,6H,5,9H2,1-2H3. The van der Waals surface area contributed by atoms with E-state index in [9.17, 15) is 0 Å². The molecule has 0 saturated heterocycles. The molecule has 2 N–H and O–H groups in total. The van der Waals surface area contributed by atoms with Crippen LogP contribution < -0.4 is 5.73 Å². The number of nitrogen functional groups attached to an aromatic ring is 1. The molecule has 7 nitrogen and oxygen atoms in total. The van der Waals surface area contributed by atoms with E-state index in [2.05, 4.69) is 20.6 Å². The number of aromatic nitrogens is 6. The van der Waals surface area contributed by atoms with Crippen LogP contribution in [0.1, 0.15) is 25.7 Å². The zero-order valence-corrected chi connectivity index (χ0v) is 8.70. The second-order valence-corrected chi connectivity index (χ2v) is 3.60. The summed E-state index contributed by atoms with van der Waals surface area (Å²) in [4.78, 5) is 0. The molecule has 2 rings (SSSR count). The Bertz CT molecular complexity index is 441. The zero-order chi connectivity index (χ0) is 10.8. The van der Waals surface area contributed by atoms with Crippen LogP contribution in [0.5, 0.6) is 0 Å². The molecule has 2 aromatic heterocycles. The first-order valence-corrected chi connectivity index (χ1v) is 4.71. The van der Waals surface area contributed by atoms with Gasteiger partial charge in [-0.05, 0) is 24.3 Å². The van der Waals surface area contributed by atoms with Gasteiger partial charge < -0.3 is 5.73 Å². The number of rotatable bonds is 3. The number of nitrogens with zero attached hydrogens (tertiary/aromatic N) is 6. The van der Waals surface area contributed by atoms with E-state index >= 15 is 0 Å². The molecule has 0 atom stereocenters. The van der Waals surface area contributed by atoms with Gasteiger partial charge in [0.25, 0.3) is 0 Å². The van der Waals surface area contributed by atoms with E-state index in [1.807, 2.05) is 13.8 Å². The molecule has 0 bridgehead atoms. The van der Waals surface area contributed by atoms with Gasteiger partial charge in [0, 0.05) is 6.20 Å². The minimum atomic E-state index is 0.239. The highest BCUT2D eigenvalue weighted by molar-refractivity contribution is 5.30. The minimum Gasteiger partial charge on any atom is -0.396 e. The van der Waals surface area contributed by atoms with Crippen LogP contribution in [0, 0.1) is 0 Å². The summed E-state index contributed by atoms with van der Waals surface area (Å²) < 4.78 is 3.47. The summed E-state index contributed by atoms with van der Waals surface area (Å²) in [5.41, 5.74) is 6.20. The average Bonchev–Trinajstić information content (AvgIpc) is 2.75. The Kier molecular flexibility index (Phi) is 2.36. The second-order valence-electron chi connectivity index (χ2n) is 3.60. The molecule has 0 fully saturated rings. The predicted octanol–water partition coefficient (Wildman–Crippen LogP) is 0.0810. The Balaban J connectivity index is 2.20. The van der Waals surface area contributed by atoms with Crippen LogP contribution in [0.2, 0.25) is 0 Å². The summed E-state index contributed by atoms with van der Waals surface area (Å²) >= 11 is 0. The van der Waals surface area contributed by atoms with Crippen LogP contribution in [-0.4, -0.2) is 30.0 Å². The van der Waals surface area contributed by atoms with Crippen LogP contribution in [0.15, 0.2) is 12.4 Å². The molecule has 0 spiro atoms. The van der Waals surface area contributed by atoms with Gasteiger partial charge in [-0.25, -0.2) is 4.68 Å². The molecule has 0 aliphatic rings. The maximum atomic E-state index is 5.56. The quantitative estimate of drug-likeness (QED) is 0.770. The van der Waals surface area contributed by atoms with Crippen molar-refractivity contribution < 1.29 is 0 Å². The van der Waals surface area contributed by atoms with E-state index in [1.165, 1.54) is 0 Å². The fraction of sp³-hybridized carbons (Fsp3) is 0.500. The van der Waals surface area contributed by atoms with Gasteiger partial charge in [0.05, 0.1) is 17.9 Å². The van der Waals surface area contributed by atoms with Crippen LogP contribution in [0.3, 0.4) is 0 Å². The number of tetrazole rings is 1. The Morgan fingerprint density at radius 3 is 2.87 bits per heavy atom. The lowest BCUT2D eigenvalue weighted by Gasteiger charge is -2.07. The first kappa shape index (κ1) is 9.63. The predicted molar refractivity (Wildman–Crippen MR) is 53.9 cm³/mol. The third-order valence-corrected chi connectivity index (χ3v) is 2.01. The molecular formula is C8H13N7. The first-order chi connectivity index (χ1) is 7.16. The maximum absolute atomic E-state index is 5.56. The number of hydrogen-bond acceptors (Lipinski definition) is 5. The van der Waals surface area contributed by atoms with Gasteiger partial charge in [-0.15, -0.1) is 5.10 Å². The highest BCUT2D eigenvalue weighted by Gasteiger charge is 2.09. The molecule has 0 aliphatic heterocycles. The molecule has 0 aliphatic carbocycles. The lowest BCUT2D eigenvalue weighted by molar-refractivity contribution is 0.480. The molecule has 0 unspecified atom stereocenters. The largest absolute Gasteiger partial charge is 0.396 e. The third-order valence-electron chi connectivity index (χ3n) is 2.01. The van der Waals surface area contributed by atoms with E-state index in [0.717, 1.165) is 5.82 Å². The van der Waals surface area contributed by atoms with Gasteiger partial charge in [-0.3, -0.25) is 4.68 Å². The fourth-order valence-corrected chi connectivity index (χ4v) is 1.33. The van der Waals surface area contributed by atoms with Crippen molar-refractivity contribution in [1.29, 1.82) is 0 Å². The van der Waals surface area contributed by atoms with Gasteiger partial charge >= 0.3 is 0 Å². The van der Waals surface area contributed by atoms with E-state index in [4.69, 9.17) is 5.73 Å². The summed E-state index contributed by atoms with van der Waals surface area (Å²) in [6, 6.07) is 0.239. The first-order valence-electron chi connectivity index (χ1n) is 4.71.